The summed E-state index contributed by atoms with van der Waals surface area (Å²) >= 11 is 4.19. The molecule has 0 aliphatic rings. The Morgan fingerprint density at radius 1 is 1.41 bits per heavy atom. The standard InChI is InChI=1S/C13H19NO2S/c1-2-11(7-8-15)14-13(16)9-10-3-5-12(17)6-4-10/h3-6,11,15,17H,2,7-9H2,1H3,(H,14,16). The van der Waals surface area contributed by atoms with E-state index >= 15 is 0 Å². The summed E-state index contributed by atoms with van der Waals surface area (Å²) < 4.78 is 0. The average Bonchev–Trinajstić information content (AvgIpc) is 2.31. The van der Waals surface area contributed by atoms with E-state index in [-0.39, 0.29) is 18.6 Å². The van der Waals surface area contributed by atoms with Gasteiger partial charge in [-0.25, -0.2) is 0 Å². The van der Waals surface area contributed by atoms with Crippen molar-refractivity contribution in [2.45, 2.75) is 37.1 Å². The second kappa shape index (κ2) is 7.35. The van der Waals surface area contributed by atoms with E-state index in [9.17, 15) is 4.79 Å². The molecule has 2 N–H and O–H groups in total. The van der Waals surface area contributed by atoms with E-state index in [2.05, 4.69) is 17.9 Å². The van der Waals surface area contributed by atoms with Crippen LogP contribution >= 0.6 is 12.6 Å². The number of carbonyl (C=O) groups is 1. The van der Waals surface area contributed by atoms with Gasteiger partial charge in [-0.2, -0.15) is 0 Å². The van der Waals surface area contributed by atoms with Gasteiger partial charge < -0.3 is 10.4 Å². The van der Waals surface area contributed by atoms with Crippen molar-refractivity contribution >= 4 is 18.5 Å². The summed E-state index contributed by atoms with van der Waals surface area (Å²) in [5.74, 6) is -0.00258. The summed E-state index contributed by atoms with van der Waals surface area (Å²) in [5, 5.41) is 11.8. The fraction of sp³-hybridized carbons (Fsp3) is 0.462. The van der Waals surface area contributed by atoms with Gasteiger partial charge in [0.25, 0.3) is 0 Å². The first-order valence-corrected chi connectivity index (χ1v) is 6.28. The van der Waals surface area contributed by atoms with Crippen LogP contribution in [-0.2, 0) is 11.2 Å². The molecule has 0 fully saturated rings. The number of hydrogen-bond acceptors (Lipinski definition) is 3. The van der Waals surface area contributed by atoms with Gasteiger partial charge in [-0.1, -0.05) is 19.1 Å². The number of aliphatic hydroxyl groups excluding tert-OH is 1. The molecule has 1 aromatic carbocycles. The third-order valence-electron chi connectivity index (χ3n) is 2.64. The maximum Gasteiger partial charge on any atom is 0.224 e. The lowest BCUT2D eigenvalue weighted by molar-refractivity contribution is -0.121. The van der Waals surface area contributed by atoms with Crippen LogP contribution in [0.3, 0.4) is 0 Å². The van der Waals surface area contributed by atoms with Crippen LogP contribution in [0.1, 0.15) is 25.3 Å². The van der Waals surface area contributed by atoms with E-state index in [1.807, 2.05) is 31.2 Å². The first kappa shape index (κ1) is 14.1. The van der Waals surface area contributed by atoms with E-state index in [1.165, 1.54) is 0 Å². The second-order valence-electron chi connectivity index (χ2n) is 4.03. The Kier molecular flexibility index (Phi) is 6.08. The number of amides is 1. The van der Waals surface area contributed by atoms with Crippen molar-refractivity contribution in [3.63, 3.8) is 0 Å². The third kappa shape index (κ3) is 5.24. The van der Waals surface area contributed by atoms with Crippen LogP contribution in [0.2, 0.25) is 0 Å². The van der Waals surface area contributed by atoms with Gasteiger partial charge in [0, 0.05) is 17.5 Å². The molecule has 1 unspecified atom stereocenters. The van der Waals surface area contributed by atoms with Crippen LogP contribution < -0.4 is 5.32 Å². The predicted octanol–water partition coefficient (Wildman–Crippen LogP) is 1.79. The van der Waals surface area contributed by atoms with Crippen LogP contribution in [0.5, 0.6) is 0 Å². The largest absolute Gasteiger partial charge is 0.396 e. The summed E-state index contributed by atoms with van der Waals surface area (Å²) in [5.41, 5.74) is 0.971. The van der Waals surface area contributed by atoms with Crippen molar-refractivity contribution in [2.75, 3.05) is 6.61 Å². The lowest BCUT2D eigenvalue weighted by Crippen LogP contribution is -2.36. The van der Waals surface area contributed by atoms with Gasteiger partial charge in [-0.15, -0.1) is 12.6 Å². The number of aliphatic hydroxyl groups is 1. The maximum atomic E-state index is 11.7. The zero-order valence-electron chi connectivity index (χ0n) is 10.0. The molecule has 0 aliphatic heterocycles. The molecule has 0 aliphatic carbocycles. The zero-order chi connectivity index (χ0) is 12.7. The lowest BCUT2D eigenvalue weighted by Gasteiger charge is -2.15. The number of benzene rings is 1. The molecule has 3 nitrogen and oxygen atoms in total. The topological polar surface area (TPSA) is 49.3 Å². The molecule has 1 atom stereocenters. The molecular weight excluding hydrogens is 234 g/mol. The molecule has 4 heteroatoms. The highest BCUT2D eigenvalue weighted by atomic mass is 32.1. The summed E-state index contributed by atoms with van der Waals surface area (Å²) in [6.45, 7) is 2.10. The molecule has 0 heterocycles. The molecule has 0 aromatic heterocycles. The second-order valence-corrected chi connectivity index (χ2v) is 4.54. The zero-order valence-corrected chi connectivity index (χ0v) is 10.9. The number of nitrogens with one attached hydrogen (secondary N) is 1. The Labute approximate surface area is 108 Å². The SMILES string of the molecule is CCC(CCO)NC(=O)Cc1ccc(S)cc1. The van der Waals surface area contributed by atoms with E-state index < -0.39 is 0 Å². The first-order valence-electron chi connectivity index (χ1n) is 5.83. The summed E-state index contributed by atoms with van der Waals surface area (Å²) in [6.07, 6.45) is 1.82. The van der Waals surface area contributed by atoms with Crippen LogP contribution in [0.15, 0.2) is 29.2 Å². The molecule has 17 heavy (non-hydrogen) atoms. The number of thiol groups is 1. The van der Waals surface area contributed by atoms with Crippen molar-refractivity contribution < 1.29 is 9.90 Å². The monoisotopic (exact) mass is 253 g/mol. The molecule has 94 valence electrons. The molecule has 0 saturated carbocycles. The maximum absolute atomic E-state index is 11.7. The number of carbonyl (C=O) groups excluding carboxylic acids is 1. The normalized spacial score (nSPS) is 12.2. The van der Waals surface area contributed by atoms with Crippen LogP contribution in [0.25, 0.3) is 0 Å². The fourth-order valence-electron chi connectivity index (χ4n) is 1.61. The molecule has 1 amide bonds. The molecule has 1 rings (SSSR count). The predicted molar refractivity (Wildman–Crippen MR) is 71.3 cm³/mol. The van der Waals surface area contributed by atoms with Crippen LogP contribution in [0.4, 0.5) is 0 Å². The minimum atomic E-state index is -0.00258. The molecule has 1 aromatic rings. The van der Waals surface area contributed by atoms with Gasteiger partial charge in [-0.3, -0.25) is 4.79 Å². The Morgan fingerprint density at radius 2 is 2.06 bits per heavy atom. The Hall–Kier alpha value is -1.00. The lowest BCUT2D eigenvalue weighted by atomic mass is 10.1. The van der Waals surface area contributed by atoms with Crippen molar-refractivity contribution in [3.8, 4) is 0 Å². The highest BCUT2D eigenvalue weighted by molar-refractivity contribution is 7.80. The van der Waals surface area contributed by atoms with Crippen molar-refractivity contribution in [1.29, 1.82) is 0 Å². The van der Waals surface area contributed by atoms with Gasteiger partial charge in [0.05, 0.1) is 6.42 Å². The Morgan fingerprint density at radius 3 is 2.59 bits per heavy atom. The summed E-state index contributed by atoms with van der Waals surface area (Å²) in [6, 6.07) is 7.61. The summed E-state index contributed by atoms with van der Waals surface area (Å²) in [4.78, 5) is 12.6. The minimum absolute atomic E-state index is 0.00258. The first-order chi connectivity index (χ1) is 8.15. The number of hydrogen-bond donors (Lipinski definition) is 3. The quantitative estimate of drug-likeness (QED) is 0.677. The van der Waals surface area contributed by atoms with Crippen LogP contribution in [0, 0.1) is 0 Å². The third-order valence-corrected chi connectivity index (χ3v) is 2.93. The van der Waals surface area contributed by atoms with Gasteiger partial charge in [0.1, 0.15) is 0 Å². The van der Waals surface area contributed by atoms with Gasteiger partial charge in [0.2, 0.25) is 5.91 Å². The molecule has 0 radical (unpaired) electrons. The van der Waals surface area contributed by atoms with E-state index in [0.29, 0.717) is 12.8 Å². The van der Waals surface area contributed by atoms with Crippen molar-refractivity contribution in [2.24, 2.45) is 0 Å². The van der Waals surface area contributed by atoms with Gasteiger partial charge >= 0.3 is 0 Å². The van der Waals surface area contributed by atoms with Crippen molar-refractivity contribution in [1.82, 2.24) is 5.32 Å². The van der Waals surface area contributed by atoms with Gasteiger partial charge in [-0.05, 0) is 30.5 Å². The van der Waals surface area contributed by atoms with Gasteiger partial charge in [0.15, 0.2) is 0 Å². The average molecular weight is 253 g/mol. The minimum Gasteiger partial charge on any atom is -0.396 e. The van der Waals surface area contributed by atoms with Crippen molar-refractivity contribution in [3.05, 3.63) is 29.8 Å². The highest BCUT2D eigenvalue weighted by Crippen LogP contribution is 2.08. The Balaban J connectivity index is 2.46. The molecule has 0 saturated heterocycles. The Bertz CT molecular complexity index is 351. The van der Waals surface area contributed by atoms with E-state index in [0.717, 1.165) is 16.9 Å². The van der Waals surface area contributed by atoms with Crippen LogP contribution in [-0.4, -0.2) is 23.7 Å². The van der Waals surface area contributed by atoms with E-state index in [1.54, 1.807) is 0 Å². The van der Waals surface area contributed by atoms with E-state index in [4.69, 9.17) is 5.11 Å². The highest BCUT2D eigenvalue weighted by Gasteiger charge is 2.10. The smallest absolute Gasteiger partial charge is 0.224 e. The fourth-order valence-corrected chi connectivity index (χ4v) is 1.76. The number of rotatable bonds is 6. The molecular formula is C13H19NO2S. The summed E-state index contributed by atoms with van der Waals surface area (Å²) in [7, 11) is 0. The molecule has 0 spiro atoms. The molecule has 0 bridgehead atoms.